The molecule has 0 heterocycles. The van der Waals surface area contributed by atoms with Gasteiger partial charge in [-0.2, -0.15) is 0 Å². The summed E-state index contributed by atoms with van der Waals surface area (Å²) in [5.74, 6) is 2.33. The fraction of sp³-hybridized carbons (Fsp3) is 0.789. The zero-order valence-electron chi connectivity index (χ0n) is 30.1. The van der Waals surface area contributed by atoms with Crippen molar-refractivity contribution >= 4 is 11.9 Å². The quantitative estimate of drug-likeness (QED) is 0.107. The van der Waals surface area contributed by atoms with Crippen molar-refractivity contribution in [2.24, 2.45) is 11.8 Å². The number of unbranched alkanes of at least 4 members (excludes halogenated alkanes) is 2. The number of carbonyl (C=O) groups is 2. The van der Waals surface area contributed by atoms with Crippen LogP contribution in [0.4, 0.5) is 0 Å². The first-order valence-electron chi connectivity index (χ1n) is 17.5. The fourth-order valence-corrected chi connectivity index (χ4v) is 5.94. The average molecular weight is 619 g/mol. The molecule has 44 heavy (non-hydrogen) atoms. The van der Waals surface area contributed by atoms with Crippen LogP contribution < -0.4 is 9.47 Å². The van der Waals surface area contributed by atoms with Gasteiger partial charge in [0.25, 0.3) is 0 Å². The number of benzene rings is 1. The Morgan fingerprint density at radius 1 is 0.636 bits per heavy atom. The Morgan fingerprint density at radius 3 is 1.30 bits per heavy atom. The van der Waals surface area contributed by atoms with Crippen molar-refractivity contribution < 1.29 is 28.5 Å². The van der Waals surface area contributed by atoms with Crippen LogP contribution in [0.2, 0.25) is 0 Å². The standard InChI is InChI=1S/C38H66O6/c1-11-15-19-29(13-3)27-43-35(39)21-17-23-37(5,6)31-25-34(42-10)32(26-33(31)41-9)38(7,8)24-18-22-36(40)44-28-30(14-4)20-16-12-2/h25-26,29-30H,11-24,27-28H2,1-10H3. The van der Waals surface area contributed by atoms with E-state index in [-0.39, 0.29) is 22.8 Å². The van der Waals surface area contributed by atoms with Crippen molar-refractivity contribution in [3.8, 4) is 11.5 Å². The monoisotopic (exact) mass is 618 g/mol. The van der Waals surface area contributed by atoms with Crippen molar-refractivity contribution in [3.05, 3.63) is 23.3 Å². The Labute approximate surface area is 270 Å². The van der Waals surface area contributed by atoms with E-state index < -0.39 is 0 Å². The lowest BCUT2D eigenvalue weighted by Gasteiger charge is -2.32. The van der Waals surface area contributed by atoms with Gasteiger partial charge in [0, 0.05) is 24.0 Å². The molecule has 6 heteroatoms. The lowest BCUT2D eigenvalue weighted by Crippen LogP contribution is -2.23. The molecule has 1 aromatic carbocycles. The van der Waals surface area contributed by atoms with Gasteiger partial charge in [0.1, 0.15) is 11.5 Å². The van der Waals surface area contributed by atoms with Gasteiger partial charge in [-0.3, -0.25) is 9.59 Å². The highest BCUT2D eigenvalue weighted by Gasteiger charge is 2.31. The minimum atomic E-state index is -0.230. The maximum Gasteiger partial charge on any atom is 0.305 e. The maximum atomic E-state index is 12.5. The molecule has 254 valence electrons. The molecule has 1 aromatic rings. The van der Waals surface area contributed by atoms with Crippen LogP contribution in [-0.2, 0) is 29.9 Å². The Kier molecular flexibility index (Phi) is 18.7. The smallest absolute Gasteiger partial charge is 0.305 e. The maximum absolute atomic E-state index is 12.5. The van der Waals surface area contributed by atoms with Crippen molar-refractivity contribution in [2.75, 3.05) is 27.4 Å². The van der Waals surface area contributed by atoms with Gasteiger partial charge < -0.3 is 18.9 Å². The number of esters is 2. The van der Waals surface area contributed by atoms with E-state index in [4.69, 9.17) is 18.9 Å². The first-order chi connectivity index (χ1) is 20.9. The summed E-state index contributed by atoms with van der Waals surface area (Å²) in [4.78, 5) is 25.0. The fourth-order valence-electron chi connectivity index (χ4n) is 5.94. The van der Waals surface area contributed by atoms with Crippen LogP contribution in [0.3, 0.4) is 0 Å². The average Bonchev–Trinajstić information content (AvgIpc) is 3.00. The Bertz CT molecular complexity index is 889. The number of hydrogen-bond donors (Lipinski definition) is 0. The molecule has 0 bridgehead atoms. The molecule has 0 aromatic heterocycles. The molecule has 0 aliphatic heterocycles. The highest BCUT2D eigenvalue weighted by Crippen LogP contribution is 2.44. The summed E-state index contributed by atoms with van der Waals surface area (Å²) in [6.07, 6.45) is 13.0. The lowest BCUT2D eigenvalue weighted by atomic mass is 9.75. The largest absolute Gasteiger partial charge is 0.496 e. The summed E-state index contributed by atoms with van der Waals surface area (Å²) < 4.78 is 23.1. The molecule has 0 aliphatic rings. The molecule has 1 rings (SSSR count). The van der Waals surface area contributed by atoms with Gasteiger partial charge in [0.05, 0.1) is 27.4 Å². The van der Waals surface area contributed by atoms with Gasteiger partial charge in [-0.25, -0.2) is 0 Å². The first-order valence-corrected chi connectivity index (χ1v) is 17.5. The first kappa shape index (κ1) is 39.8. The van der Waals surface area contributed by atoms with Gasteiger partial charge in [-0.05, 0) is 73.3 Å². The van der Waals surface area contributed by atoms with Crippen LogP contribution in [0.5, 0.6) is 11.5 Å². The van der Waals surface area contributed by atoms with E-state index >= 15 is 0 Å². The van der Waals surface area contributed by atoms with Crippen LogP contribution in [-0.4, -0.2) is 39.4 Å². The normalized spacial score (nSPS) is 13.3. The minimum absolute atomic E-state index is 0.108. The summed E-state index contributed by atoms with van der Waals surface area (Å²) in [5, 5.41) is 0. The Balaban J connectivity index is 2.83. The molecular formula is C38H66O6. The molecule has 0 radical (unpaired) electrons. The van der Waals surface area contributed by atoms with E-state index in [1.54, 1.807) is 14.2 Å². The summed E-state index contributed by atoms with van der Waals surface area (Å²) in [6.45, 7) is 18.5. The number of methoxy groups -OCH3 is 2. The Hall–Kier alpha value is -2.24. The van der Waals surface area contributed by atoms with Crippen molar-refractivity contribution in [2.45, 2.75) is 156 Å². The molecular weight excluding hydrogens is 552 g/mol. The molecule has 0 aliphatic carbocycles. The van der Waals surface area contributed by atoms with Gasteiger partial charge in [-0.15, -0.1) is 0 Å². The van der Waals surface area contributed by atoms with Gasteiger partial charge in [0.15, 0.2) is 0 Å². The topological polar surface area (TPSA) is 71.1 Å². The van der Waals surface area contributed by atoms with Crippen molar-refractivity contribution in [3.63, 3.8) is 0 Å². The third-order valence-corrected chi connectivity index (χ3v) is 9.39. The van der Waals surface area contributed by atoms with E-state index in [9.17, 15) is 9.59 Å². The van der Waals surface area contributed by atoms with Crippen molar-refractivity contribution in [1.29, 1.82) is 0 Å². The Morgan fingerprint density at radius 2 is 1.00 bits per heavy atom. The predicted molar refractivity (Wildman–Crippen MR) is 182 cm³/mol. The SMILES string of the molecule is CCCCC(CC)COC(=O)CCCC(C)(C)c1cc(OC)c(C(C)(C)CCCC(=O)OCC(CC)CCCC)cc1OC. The zero-order chi connectivity index (χ0) is 33.2. The molecule has 0 amide bonds. The predicted octanol–water partition coefficient (Wildman–Crippen LogP) is 10.1. The van der Waals surface area contributed by atoms with Crippen LogP contribution in [0.25, 0.3) is 0 Å². The van der Waals surface area contributed by atoms with Crippen LogP contribution >= 0.6 is 0 Å². The molecule has 0 N–H and O–H groups in total. The van der Waals surface area contributed by atoms with E-state index in [1.807, 2.05) is 0 Å². The van der Waals surface area contributed by atoms with Gasteiger partial charge in [0.2, 0.25) is 0 Å². The van der Waals surface area contributed by atoms with Crippen molar-refractivity contribution in [1.82, 2.24) is 0 Å². The summed E-state index contributed by atoms with van der Waals surface area (Å²) in [6, 6.07) is 4.20. The van der Waals surface area contributed by atoms with E-state index in [2.05, 4.69) is 67.5 Å². The second-order valence-corrected chi connectivity index (χ2v) is 13.9. The second-order valence-electron chi connectivity index (χ2n) is 13.9. The van der Waals surface area contributed by atoms with Crippen LogP contribution in [0.1, 0.15) is 156 Å². The number of hydrogen-bond acceptors (Lipinski definition) is 6. The van der Waals surface area contributed by atoms with Gasteiger partial charge in [-0.1, -0.05) is 93.9 Å². The molecule has 2 unspecified atom stereocenters. The highest BCUT2D eigenvalue weighted by molar-refractivity contribution is 5.69. The number of rotatable bonds is 24. The van der Waals surface area contributed by atoms with E-state index in [0.29, 0.717) is 37.9 Å². The third-order valence-electron chi connectivity index (χ3n) is 9.39. The highest BCUT2D eigenvalue weighted by atomic mass is 16.5. The molecule has 0 saturated carbocycles. The zero-order valence-corrected chi connectivity index (χ0v) is 30.1. The molecule has 2 atom stereocenters. The van der Waals surface area contributed by atoms with E-state index in [1.165, 1.54) is 25.7 Å². The molecule has 0 spiro atoms. The lowest BCUT2D eigenvalue weighted by molar-refractivity contribution is -0.146. The van der Waals surface area contributed by atoms with Crippen LogP contribution in [0.15, 0.2) is 12.1 Å². The molecule has 0 fully saturated rings. The minimum Gasteiger partial charge on any atom is -0.496 e. The number of ether oxygens (including phenoxy) is 4. The summed E-state index contributed by atoms with van der Waals surface area (Å²) in [5.41, 5.74) is 1.66. The third kappa shape index (κ3) is 13.8. The summed E-state index contributed by atoms with van der Waals surface area (Å²) >= 11 is 0. The van der Waals surface area contributed by atoms with Crippen LogP contribution in [0, 0.1) is 11.8 Å². The second kappa shape index (κ2) is 20.7. The van der Waals surface area contributed by atoms with Gasteiger partial charge >= 0.3 is 11.9 Å². The van der Waals surface area contributed by atoms with E-state index in [0.717, 1.165) is 74.0 Å². The molecule has 6 nitrogen and oxygen atoms in total. The number of carbonyl (C=O) groups excluding carboxylic acids is 2. The summed E-state index contributed by atoms with van der Waals surface area (Å²) in [7, 11) is 3.41. The molecule has 0 saturated heterocycles.